The van der Waals surface area contributed by atoms with Crippen LogP contribution in [0, 0.1) is 0 Å². The van der Waals surface area contributed by atoms with Gasteiger partial charge in [0.05, 0.1) is 0 Å². The first kappa shape index (κ1) is 60.9. The Labute approximate surface area is 395 Å². The van der Waals surface area contributed by atoms with E-state index in [4.69, 9.17) is 14.2 Å². The predicted molar refractivity (Wildman–Crippen MR) is 274 cm³/mol. The van der Waals surface area contributed by atoms with Crippen LogP contribution in [0.5, 0.6) is 0 Å². The van der Waals surface area contributed by atoms with E-state index in [2.05, 4.69) is 87.6 Å². The fourth-order valence-electron chi connectivity index (χ4n) is 7.45. The van der Waals surface area contributed by atoms with Crippen molar-refractivity contribution in [3.05, 3.63) is 72.9 Å². The van der Waals surface area contributed by atoms with Crippen LogP contribution in [0.1, 0.15) is 258 Å². The molecule has 1 atom stereocenters. The topological polar surface area (TPSA) is 78.9 Å². The highest BCUT2D eigenvalue weighted by atomic mass is 16.6. The van der Waals surface area contributed by atoms with Crippen LogP contribution in [-0.4, -0.2) is 37.2 Å². The quantitative estimate of drug-likeness (QED) is 0.0199. The number of hydrogen-bond acceptors (Lipinski definition) is 6. The zero-order valence-corrected chi connectivity index (χ0v) is 42.0. The Morgan fingerprint density at radius 1 is 0.328 bits per heavy atom. The highest BCUT2D eigenvalue weighted by Gasteiger charge is 2.19. The maximum absolute atomic E-state index is 12.8. The van der Waals surface area contributed by atoms with Gasteiger partial charge in [0.2, 0.25) is 0 Å². The second-order valence-corrected chi connectivity index (χ2v) is 17.9. The number of ether oxygens (including phenoxy) is 3. The van der Waals surface area contributed by atoms with Gasteiger partial charge in [0.15, 0.2) is 6.10 Å². The van der Waals surface area contributed by atoms with Crippen molar-refractivity contribution >= 4 is 17.9 Å². The molecule has 0 radical (unpaired) electrons. The average Bonchev–Trinajstić information content (AvgIpc) is 3.29. The summed E-state index contributed by atoms with van der Waals surface area (Å²) in [4.78, 5) is 38.0. The van der Waals surface area contributed by atoms with Crippen LogP contribution in [0.2, 0.25) is 0 Å². The van der Waals surface area contributed by atoms with Gasteiger partial charge in [-0.15, -0.1) is 0 Å². The fourth-order valence-corrected chi connectivity index (χ4v) is 7.45. The molecule has 64 heavy (non-hydrogen) atoms. The minimum atomic E-state index is -0.805. The van der Waals surface area contributed by atoms with Crippen molar-refractivity contribution in [3.8, 4) is 0 Å². The standard InChI is InChI=1S/C58H100O6/c1-4-7-10-13-16-19-22-25-27-28-29-31-33-36-39-42-45-48-51-57(60)63-54-55(53-62-56(59)50-47-44-41-38-35-32-24-21-18-15-12-9-6-3)64-58(61)52-49-46-43-40-37-34-30-26-23-20-17-14-11-8-5-2/h16,19,22,25,27-29,31-32,35,41,44,55H,4-15,17-18,20-21,23-24,26,30,33-34,36-40,42-43,45-54H2,1-3H3/b19-16-,25-22-,28-27-,31-29-,35-32-,44-41-. The Bertz CT molecular complexity index is 1210. The largest absolute Gasteiger partial charge is 0.462 e. The molecule has 0 aromatic rings. The van der Waals surface area contributed by atoms with E-state index in [-0.39, 0.29) is 37.5 Å². The molecule has 0 saturated heterocycles. The van der Waals surface area contributed by atoms with Crippen molar-refractivity contribution in [3.63, 3.8) is 0 Å². The normalized spacial score (nSPS) is 12.6. The summed E-state index contributed by atoms with van der Waals surface area (Å²) in [6.45, 7) is 6.53. The Balaban J connectivity index is 4.47. The SMILES string of the molecule is CCCCC\C=C/C=C\C=C/C=C\CCCCCCCC(=O)OCC(COC(=O)CC/C=C\C/C=C\CCCCCCCC)OC(=O)CCCCCCCCCCCCCCCCC. The lowest BCUT2D eigenvalue weighted by Gasteiger charge is -2.18. The van der Waals surface area contributed by atoms with Gasteiger partial charge in [-0.25, -0.2) is 0 Å². The fraction of sp³-hybridized carbons (Fsp3) is 0.741. The van der Waals surface area contributed by atoms with Crippen LogP contribution < -0.4 is 0 Å². The zero-order chi connectivity index (χ0) is 46.5. The Morgan fingerprint density at radius 2 is 0.656 bits per heavy atom. The Morgan fingerprint density at radius 3 is 1.12 bits per heavy atom. The molecule has 368 valence electrons. The van der Waals surface area contributed by atoms with Gasteiger partial charge in [-0.2, -0.15) is 0 Å². The smallest absolute Gasteiger partial charge is 0.306 e. The number of hydrogen-bond donors (Lipinski definition) is 0. The molecular weight excluding hydrogens is 793 g/mol. The molecule has 0 rings (SSSR count). The summed E-state index contributed by atoms with van der Waals surface area (Å²) < 4.78 is 16.7. The summed E-state index contributed by atoms with van der Waals surface area (Å²) >= 11 is 0. The van der Waals surface area contributed by atoms with Gasteiger partial charge >= 0.3 is 17.9 Å². The molecule has 6 heteroatoms. The summed E-state index contributed by atoms with van der Waals surface area (Å²) in [5.41, 5.74) is 0. The lowest BCUT2D eigenvalue weighted by Crippen LogP contribution is -2.30. The Kier molecular flexibility index (Phi) is 49.9. The maximum atomic E-state index is 12.8. The second-order valence-electron chi connectivity index (χ2n) is 17.9. The minimum Gasteiger partial charge on any atom is -0.462 e. The molecule has 0 aliphatic heterocycles. The van der Waals surface area contributed by atoms with E-state index >= 15 is 0 Å². The molecule has 6 nitrogen and oxygen atoms in total. The number of esters is 3. The van der Waals surface area contributed by atoms with Crippen LogP contribution in [0.25, 0.3) is 0 Å². The molecule has 0 aromatic carbocycles. The van der Waals surface area contributed by atoms with Crippen LogP contribution in [-0.2, 0) is 28.6 Å². The van der Waals surface area contributed by atoms with E-state index < -0.39 is 6.10 Å². The van der Waals surface area contributed by atoms with Gasteiger partial charge in [0.1, 0.15) is 13.2 Å². The van der Waals surface area contributed by atoms with Gasteiger partial charge in [0.25, 0.3) is 0 Å². The zero-order valence-electron chi connectivity index (χ0n) is 42.0. The lowest BCUT2D eigenvalue weighted by molar-refractivity contribution is -0.166. The summed E-state index contributed by atoms with van der Waals surface area (Å²) in [5.74, 6) is -0.988. The molecular formula is C58H100O6. The first-order valence-corrected chi connectivity index (χ1v) is 27.0. The van der Waals surface area contributed by atoms with Crippen molar-refractivity contribution < 1.29 is 28.6 Å². The molecule has 0 N–H and O–H groups in total. The van der Waals surface area contributed by atoms with E-state index in [9.17, 15) is 14.4 Å². The molecule has 0 spiro atoms. The van der Waals surface area contributed by atoms with Crippen LogP contribution >= 0.6 is 0 Å². The van der Waals surface area contributed by atoms with Gasteiger partial charge in [-0.1, -0.05) is 248 Å². The summed E-state index contributed by atoms with van der Waals surface area (Å²) in [5, 5.41) is 0. The summed E-state index contributed by atoms with van der Waals surface area (Å²) in [7, 11) is 0. The molecule has 0 fully saturated rings. The molecule has 0 bridgehead atoms. The molecule has 0 saturated carbocycles. The molecule has 0 aliphatic carbocycles. The third kappa shape index (κ3) is 49.9. The summed E-state index contributed by atoms with van der Waals surface area (Å²) in [6.07, 6.45) is 66.1. The van der Waals surface area contributed by atoms with Crippen molar-refractivity contribution in [2.75, 3.05) is 13.2 Å². The molecule has 0 aliphatic rings. The van der Waals surface area contributed by atoms with Gasteiger partial charge in [0, 0.05) is 19.3 Å². The van der Waals surface area contributed by atoms with Crippen molar-refractivity contribution in [2.24, 2.45) is 0 Å². The predicted octanol–water partition coefficient (Wildman–Crippen LogP) is 17.8. The number of rotatable bonds is 48. The third-order valence-corrected chi connectivity index (χ3v) is 11.5. The molecule has 0 amide bonds. The van der Waals surface area contributed by atoms with E-state index in [0.29, 0.717) is 19.3 Å². The second kappa shape index (κ2) is 52.5. The van der Waals surface area contributed by atoms with Crippen LogP contribution in [0.15, 0.2) is 72.9 Å². The lowest BCUT2D eigenvalue weighted by atomic mass is 10.0. The van der Waals surface area contributed by atoms with Gasteiger partial charge in [-0.05, 0) is 64.2 Å². The first-order valence-electron chi connectivity index (χ1n) is 27.0. The average molecular weight is 893 g/mol. The number of allylic oxidation sites excluding steroid dienone is 12. The van der Waals surface area contributed by atoms with E-state index in [1.165, 1.54) is 135 Å². The first-order chi connectivity index (χ1) is 31.5. The highest BCUT2D eigenvalue weighted by molar-refractivity contribution is 5.71. The van der Waals surface area contributed by atoms with Crippen molar-refractivity contribution in [1.82, 2.24) is 0 Å². The van der Waals surface area contributed by atoms with Gasteiger partial charge < -0.3 is 14.2 Å². The number of carbonyl (C=O) groups is 3. The maximum Gasteiger partial charge on any atom is 0.306 e. The van der Waals surface area contributed by atoms with E-state index in [0.717, 1.165) is 77.0 Å². The van der Waals surface area contributed by atoms with Crippen LogP contribution in [0.3, 0.4) is 0 Å². The van der Waals surface area contributed by atoms with Crippen LogP contribution in [0.4, 0.5) is 0 Å². The molecule has 0 aromatic heterocycles. The van der Waals surface area contributed by atoms with E-state index in [1.54, 1.807) is 0 Å². The monoisotopic (exact) mass is 893 g/mol. The molecule has 0 heterocycles. The molecule has 1 unspecified atom stereocenters. The highest BCUT2D eigenvalue weighted by Crippen LogP contribution is 2.15. The minimum absolute atomic E-state index is 0.103. The number of carbonyl (C=O) groups excluding carboxylic acids is 3. The van der Waals surface area contributed by atoms with Crippen molar-refractivity contribution in [2.45, 2.75) is 264 Å². The van der Waals surface area contributed by atoms with Crippen molar-refractivity contribution in [1.29, 1.82) is 0 Å². The number of unbranched alkanes of at least 4 members (excludes halogenated alkanes) is 28. The third-order valence-electron chi connectivity index (χ3n) is 11.5. The van der Waals surface area contributed by atoms with E-state index in [1.807, 2.05) is 6.08 Å². The Hall–Kier alpha value is -3.15. The van der Waals surface area contributed by atoms with Gasteiger partial charge in [-0.3, -0.25) is 14.4 Å². The summed E-state index contributed by atoms with van der Waals surface area (Å²) in [6, 6.07) is 0.